The first-order valence-electron chi connectivity index (χ1n) is 5.45. The lowest BCUT2D eigenvalue weighted by Crippen LogP contribution is -2.11. The van der Waals surface area contributed by atoms with Crippen LogP contribution in [0.25, 0.3) is 0 Å². The molecule has 1 aromatic heterocycles. The summed E-state index contributed by atoms with van der Waals surface area (Å²) in [5.74, 6) is -0.0549. The van der Waals surface area contributed by atoms with Crippen LogP contribution < -0.4 is 10.6 Å². The topological polar surface area (TPSA) is 63.0 Å². The van der Waals surface area contributed by atoms with Crippen LogP contribution in [0.3, 0.4) is 0 Å². The van der Waals surface area contributed by atoms with Crippen LogP contribution in [0.2, 0.25) is 5.02 Å². The second kappa shape index (κ2) is 5.79. The highest BCUT2D eigenvalue weighted by Gasteiger charge is 2.11. The van der Waals surface area contributed by atoms with Crippen LogP contribution in [0.1, 0.15) is 12.8 Å². The van der Waals surface area contributed by atoms with E-state index in [0.717, 1.165) is 6.54 Å². The molecule has 5 nitrogen and oxygen atoms in total. The molecular formula is C11H12ClFN4O. The highest BCUT2D eigenvalue weighted by molar-refractivity contribution is 6.33. The molecule has 1 heterocycles. The molecule has 0 spiro atoms. The minimum Gasteiger partial charge on any atom is -0.406 e. The number of hydrogen-bond acceptors (Lipinski definition) is 5. The average Bonchev–Trinajstić information content (AvgIpc) is 2.79. The third-order valence-corrected chi connectivity index (χ3v) is 2.50. The fourth-order valence-corrected chi connectivity index (χ4v) is 1.54. The van der Waals surface area contributed by atoms with Crippen molar-refractivity contribution in [2.45, 2.75) is 13.5 Å². The van der Waals surface area contributed by atoms with E-state index in [2.05, 4.69) is 20.8 Å². The Balaban J connectivity index is 2.11. The van der Waals surface area contributed by atoms with E-state index in [9.17, 15) is 4.39 Å². The maximum atomic E-state index is 13.5. The summed E-state index contributed by atoms with van der Waals surface area (Å²) in [6.07, 6.45) is 0. The van der Waals surface area contributed by atoms with E-state index in [0.29, 0.717) is 12.4 Å². The molecule has 0 unspecified atom stereocenters. The van der Waals surface area contributed by atoms with Crippen LogP contribution in [-0.2, 0) is 6.54 Å². The van der Waals surface area contributed by atoms with Gasteiger partial charge in [0.1, 0.15) is 5.82 Å². The Kier molecular flexibility index (Phi) is 4.11. The molecule has 0 aliphatic heterocycles. The van der Waals surface area contributed by atoms with Gasteiger partial charge in [-0.1, -0.05) is 29.7 Å². The van der Waals surface area contributed by atoms with E-state index < -0.39 is 5.82 Å². The van der Waals surface area contributed by atoms with Gasteiger partial charge in [-0.15, -0.1) is 5.10 Å². The van der Waals surface area contributed by atoms with E-state index in [1.165, 1.54) is 12.1 Å². The van der Waals surface area contributed by atoms with Crippen molar-refractivity contribution in [1.82, 2.24) is 15.5 Å². The number of hydrogen-bond donors (Lipinski definition) is 2. The maximum Gasteiger partial charge on any atom is 0.320 e. The molecule has 2 rings (SSSR count). The smallest absolute Gasteiger partial charge is 0.320 e. The second-order valence-corrected chi connectivity index (χ2v) is 3.91. The highest BCUT2D eigenvalue weighted by atomic mass is 35.5. The van der Waals surface area contributed by atoms with Crippen LogP contribution in [0.4, 0.5) is 16.1 Å². The Morgan fingerprint density at radius 3 is 2.94 bits per heavy atom. The van der Waals surface area contributed by atoms with Crippen molar-refractivity contribution in [1.29, 1.82) is 0 Å². The summed E-state index contributed by atoms with van der Waals surface area (Å²) >= 11 is 5.87. The summed E-state index contributed by atoms with van der Waals surface area (Å²) in [5, 5.41) is 13.5. The highest BCUT2D eigenvalue weighted by Crippen LogP contribution is 2.27. The van der Waals surface area contributed by atoms with E-state index in [1.54, 1.807) is 6.07 Å². The van der Waals surface area contributed by atoms with Crippen molar-refractivity contribution >= 4 is 23.3 Å². The SMILES string of the molecule is CCNCc1nnc(Nc2c(F)cccc2Cl)o1. The minimum absolute atomic E-state index is 0.106. The van der Waals surface area contributed by atoms with Gasteiger partial charge in [0, 0.05) is 0 Å². The summed E-state index contributed by atoms with van der Waals surface area (Å²) in [5.41, 5.74) is 0.123. The Morgan fingerprint density at radius 1 is 1.39 bits per heavy atom. The molecule has 0 saturated heterocycles. The molecule has 7 heteroatoms. The van der Waals surface area contributed by atoms with E-state index in [1.807, 2.05) is 6.92 Å². The molecular weight excluding hydrogens is 259 g/mol. The minimum atomic E-state index is -0.478. The van der Waals surface area contributed by atoms with Crippen LogP contribution in [0.5, 0.6) is 0 Å². The first kappa shape index (κ1) is 12.8. The molecule has 0 atom stereocenters. The predicted octanol–water partition coefficient (Wildman–Crippen LogP) is 2.72. The molecule has 0 amide bonds. The summed E-state index contributed by atoms with van der Waals surface area (Å²) in [6.45, 7) is 3.23. The third-order valence-electron chi connectivity index (χ3n) is 2.19. The number of para-hydroxylation sites is 1. The largest absolute Gasteiger partial charge is 0.406 e. The number of aromatic nitrogens is 2. The van der Waals surface area contributed by atoms with Gasteiger partial charge in [0.25, 0.3) is 0 Å². The second-order valence-electron chi connectivity index (χ2n) is 3.50. The molecule has 18 heavy (non-hydrogen) atoms. The van der Waals surface area contributed by atoms with Crippen molar-refractivity contribution in [2.24, 2.45) is 0 Å². The van der Waals surface area contributed by atoms with E-state index in [4.69, 9.17) is 16.0 Å². The number of rotatable bonds is 5. The van der Waals surface area contributed by atoms with Gasteiger partial charge in [0.2, 0.25) is 5.89 Å². The maximum absolute atomic E-state index is 13.5. The Hall–Kier alpha value is -1.66. The quantitative estimate of drug-likeness (QED) is 0.875. The fraction of sp³-hybridized carbons (Fsp3) is 0.273. The van der Waals surface area contributed by atoms with Crippen LogP contribution in [0, 0.1) is 5.82 Å². The Bertz CT molecular complexity index is 511. The van der Waals surface area contributed by atoms with Crippen molar-refractivity contribution in [2.75, 3.05) is 11.9 Å². The lowest BCUT2D eigenvalue weighted by Gasteiger charge is -2.04. The third kappa shape index (κ3) is 2.96. The van der Waals surface area contributed by atoms with Gasteiger partial charge in [-0.2, -0.15) is 0 Å². The molecule has 0 bridgehead atoms. The fourth-order valence-electron chi connectivity index (χ4n) is 1.33. The zero-order chi connectivity index (χ0) is 13.0. The van der Waals surface area contributed by atoms with E-state index >= 15 is 0 Å². The summed E-state index contributed by atoms with van der Waals surface area (Å²) in [7, 11) is 0. The molecule has 2 N–H and O–H groups in total. The number of halogens is 2. The first-order valence-corrected chi connectivity index (χ1v) is 5.82. The number of nitrogens with one attached hydrogen (secondary N) is 2. The van der Waals surface area contributed by atoms with E-state index in [-0.39, 0.29) is 16.7 Å². The molecule has 0 radical (unpaired) electrons. The first-order chi connectivity index (χ1) is 8.70. The van der Waals surface area contributed by atoms with Gasteiger partial charge in [-0.3, -0.25) is 0 Å². The van der Waals surface area contributed by atoms with Gasteiger partial charge in [-0.25, -0.2) is 4.39 Å². The zero-order valence-corrected chi connectivity index (χ0v) is 10.5. The van der Waals surface area contributed by atoms with Crippen molar-refractivity contribution < 1.29 is 8.81 Å². The number of anilines is 2. The molecule has 1 aromatic carbocycles. The Morgan fingerprint density at radius 2 is 2.22 bits per heavy atom. The zero-order valence-electron chi connectivity index (χ0n) is 9.70. The van der Waals surface area contributed by atoms with Gasteiger partial charge >= 0.3 is 6.01 Å². The molecule has 96 valence electrons. The van der Waals surface area contributed by atoms with Crippen molar-refractivity contribution in [3.8, 4) is 0 Å². The molecule has 0 saturated carbocycles. The number of benzene rings is 1. The number of nitrogens with zero attached hydrogens (tertiary/aromatic N) is 2. The van der Waals surface area contributed by atoms with Gasteiger partial charge in [0.05, 0.1) is 17.3 Å². The van der Waals surface area contributed by atoms with Gasteiger partial charge in [-0.05, 0) is 18.7 Å². The monoisotopic (exact) mass is 270 g/mol. The summed E-state index contributed by atoms with van der Waals surface area (Å²) < 4.78 is 18.8. The van der Waals surface area contributed by atoms with Gasteiger partial charge in [0.15, 0.2) is 0 Å². The normalized spacial score (nSPS) is 10.6. The van der Waals surface area contributed by atoms with Gasteiger partial charge < -0.3 is 15.1 Å². The van der Waals surface area contributed by atoms with Crippen molar-refractivity contribution in [3.63, 3.8) is 0 Å². The lowest BCUT2D eigenvalue weighted by atomic mass is 10.3. The lowest BCUT2D eigenvalue weighted by molar-refractivity contribution is 0.484. The average molecular weight is 271 g/mol. The Labute approximate surface area is 108 Å². The standard InChI is InChI=1S/C11H12ClFN4O/c1-2-14-6-9-16-17-11(18-9)15-10-7(12)4-3-5-8(10)13/h3-5,14H,2,6H2,1H3,(H,15,17). The molecule has 0 aliphatic carbocycles. The molecule has 0 aliphatic rings. The van der Waals surface area contributed by atoms with Crippen LogP contribution in [0.15, 0.2) is 22.6 Å². The summed E-state index contributed by atoms with van der Waals surface area (Å²) in [6, 6.07) is 4.50. The van der Waals surface area contributed by atoms with Crippen molar-refractivity contribution in [3.05, 3.63) is 34.9 Å². The molecule has 2 aromatic rings. The van der Waals surface area contributed by atoms with Crippen LogP contribution in [-0.4, -0.2) is 16.7 Å². The summed E-state index contributed by atoms with van der Waals surface area (Å²) in [4.78, 5) is 0. The predicted molar refractivity (Wildman–Crippen MR) is 66.4 cm³/mol. The molecule has 0 fully saturated rings. The van der Waals surface area contributed by atoms with Crippen LogP contribution >= 0.6 is 11.6 Å².